The number of carbonyl (C=O) groups is 1. The molecular weight excluding hydrogens is 224 g/mol. The molecule has 1 aromatic heterocycles. The molecular formula is C10H10N4O3. The summed E-state index contributed by atoms with van der Waals surface area (Å²) < 4.78 is 4.65. The van der Waals surface area contributed by atoms with Crippen LogP contribution in [0, 0.1) is 4.91 Å². The van der Waals surface area contributed by atoms with Crippen LogP contribution in [0.3, 0.4) is 0 Å². The van der Waals surface area contributed by atoms with Crippen LogP contribution in [0.4, 0.5) is 0 Å². The van der Waals surface area contributed by atoms with Gasteiger partial charge >= 0.3 is 5.97 Å². The van der Waals surface area contributed by atoms with E-state index in [-0.39, 0.29) is 6.54 Å². The van der Waals surface area contributed by atoms with Crippen LogP contribution in [0.1, 0.15) is 15.9 Å². The molecule has 0 amide bonds. The number of carbonyl (C=O) groups excluding carboxylic acids is 1. The molecule has 0 saturated carbocycles. The Bertz CT molecular complexity index is 590. The van der Waals surface area contributed by atoms with Gasteiger partial charge in [-0.05, 0) is 6.07 Å². The normalized spacial score (nSPS) is 10.5. The number of aryl methyl sites for hydroxylation is 1. The average Bonchev–Trinajstić information content (AvgIpc) is 2.70. The van der Waals surface area contributed by atoms with Crippen molar-refractivity contribution in [1.29, 1.82) is 0 Å². The molecule has 17 heavy (non-hydrogen) atoms. The zero-order chi connectivity index (χ0) is 12.4. The number of esters is 1. The highest BCUT2D eigenvalue weighted by atomic mass is 16.5. The average molecular weight is 234 g/mol. The van der Waals surface area contributed by atoms with Gasteiger partial charge in [-0.25, -0.2) is 4.79 Å². The molecule has 2 aromatic rings. The Morgan fingerprint density at radius 1 is 1.41 bits per heavy atom. The minimum absolute atomic E-state index is 0.00333. The summed E-state index contributed by atoms with van der Waals surface area (Å²) in [7, 11) is 2.94. The Morgan fingerprint density at radius 3 is 2.76 bits per heavy atom. The lowest BCUT2D eigenvalue weighted by molar-refractivity contribution is 0.0602. The third kappa shape index (κ3) is 1.86. The quantitative estimate of drug-likeness (QED) is 0.584. The molecule has 0 radical (unpaired) electrons. The molecule has 7 nitrogen and oxygen atoms in total. The lowest BCUT2D eigenvalue weighted by Gasteiger charge is -2.01. The Hall–Kier alpha value is -2.31. The predicted molar refractivity (Wildman–Crippen MR) is 59.3 cm³/mol. The smallest absolute Gasteiger partial charge is 0.340 e. The number of methoxy groups -OCH3 is 1. The summed E-state index contributed by atoms with van der Waals surface area (Å²) in [5, 5.41) is 11.0. The predicted octanol–water partition coefficient (Wildman–Crippen LogP) is 1.02. The lowest BCUT2D eigenvalue weighted by Crippen LogP contribution is -2.03. The first kappa shape index (κ1) is 11.2. The first-order chi connectivity index (χ1) is 8.17. The SMILES string of the molecule is COC(=O)c1ccc(CN=O)c2nn(C)nc12. The second-order valence-corrected chi connectivity index (χ2v) is 3.44. The largest absolute Gasteiger partial charge is 0.465 e. The molecule has 0 aliphatic rings. The molecule has 2 rings (SSSR count). The second kappa shape index (κ2) is 4.28. The molecule has 0 unspecified atom stereocenters. The molecule has 0 aliphatic heterocycles. The van der Waals surface area contributed by atoms with E-state index in [1.54, 1.807) is 19.2 Å². The van der Waals surface area contributed by atoms with Crippen molar-refractivity contribution in [2.45, 2.75) is 6.54 Å². The zero-order valence-electron chi connectivity index (χ0n) is 9.38. The number of hydrogen-bond donors (Lipinski definition) is 0. The van der Waals surface area contributed by atoms with Crippen LogP contribution in [-0.4, -0.2) is 28.1 Å². The standard InChI is InChI=1S/C10H10N4O3/c1-14-12-8-6(5-11-16)3-4-7(9(8)13-14)10(15)17-2/h3-4H,5H2,1-2H3. The molecule has 0 fully saturated rings. The topological polar surface area (TPSA) is 86.4 Å². The van der Waals surface area contributed by atoms with Gasteiger partial charge in [0.05, 0.1) is 12.7 Å². The van der Waals surface area contributed by atoms with E-state index in [4.69, 9.17) is 0 Å². The van der Waals surface area contributed by atoms with Crippen LogP contribution in [0.5, 0.6) is 0 Å². The van der Waals surface area contributed by atoms with Crippen LogP contribution in [0.25, 0.3) is 11.0 Å². The molecule has 0 bridgehead atoms. The Balaban J connectivity index is 2.69. The van der Waals surface area contributed by atoms with E-state index < -0.39 is 5.97 Å². The van der Waals surface area contributed by atoms with E-state index in [0.29, 0.717) is 22.2 Å². The van der Waals surface area contributed by atoms with E-state index in [0.717, 1.165) is 0 Å². The molecule has 1 heterocycles. The molecule has 88 valence electrons. The van der Waals surface area contributed by atoms with Crippen LogP contribution >= 0.6 is 0 Å². The summed E-state index contributed by atoms with van der Waals surface area (Å²) in [5.74, 6) is -0.485. The fourth-order valence-corrected chi connectivity index (χ4v) is 1.62. The summed E-state index contributed by atoms with van der Waals surface area (Å²) in [4.78, 5) is 23.2. The van der Waals surface area contributed by atoms with E-state index in [2.05, 4.69) is 20.1 Å². The van der Waals surface area contributed by atoms with Crippen LogP contribution < -0.4 is 0 Å². The molecule has 1 aromatic carbocycles. The van der Waals surface area contributed by atoms with Crippen LogP contribution in [-0.2, 0) is 18.3 Å². The van der Waals surface area contributed by atoms with Crippen molar-refractivity contribution in [3.05, 3.63) is 28.2 Å². The molecule has 0 spiro atoms. The van der Waals surface area contributed by atoms with Gasteiger partial charge in [0.1, 0.15) is 17.6 Å². The van der Waals surface area contributed by atoms with E-state index in [1.165, 1.54) is 11.9 Å². The number of aromatic nitrogens is 3. The van der Waals surface area contributed by atoms with Crippen molar-refractivity contribution in [3.8, 4) is 0 Å². The zero-order valence-corrected chi connectivity index (χ0v) is 9.38. The van der Waals surface area contributed by atoms with Gasteiger partial charge < -0.3 is 4.74 Å². The Morgan fingerprint density at radius 2 is 2.12 bits per heavy atom. The van der Waals surface area contributed by atoms with Crippen molar-refractivity contribution < 1.29 is 9.53 Å². The van der Waals surface area contributed by atoms with Crippen LogP contribution in [0.2, 0.25) is 0 Å². The van der Waals surface area contributed by atoms with E-state index >= 15 is 0 Å². The first-order valence-electron chi connectivity index (χ1n) is 4.87. The van der Waals surface area contributed by atoms with Gasteiger partial charge in [0, 0.05) is 12.6 Å². The summed E-state index contributed by atoms with van der Waals surface area (Å²) >= 11 is 0. The van der Waals surface area contributed by atoms with Gasteiger partial charge in [0.25, 0.3) is 0 Å². The maximum absolute atomic E-state index is 11.5. The van der Waals surface area contributed by atoms with Gasteiger partial charge in [-0.3, -0.25) is 0 Å². The molecule has 0 aliphatic carbocycles. The number of ether oxygens (including phenoxy) is 1. The van der Waals surface area contributed by atoms with Crippen molar-refractivity contribution in [3.63, 3.8) is 0 Å². The minimum atomic E-state index is -0.485. The number of nitroso groups, excluding NO2 is 1. The summed E-state index contributed by atoms with van der Waals surface area (Å²) in [6, 6.07) is 3.19. The number of rotatable bonds is 3. The van der Waals surface area contributed by atoms with Crippen molar-refractivity contribution in [2.75, 3.05) is 7.11 Å². The Kier molecular flexibility index (Phi) is 2.82. The second-order valence-electron chi connectivity index (χ2n) is 3.44. The van der Waals surface area contributed by atoms with Crippen molar-refractivity contribution in [1.82, 2.24) is 15.0 Å². The molecule has 0 atom stereocenters. The van der Waals surface area contributed by atoms with Gasteiger partial charge in [-0.1, -0.05) is 11.2 Å². The first-order valence-corrected chi connectivity index (χ1v) is 4.87. The van der Waals surface area contributed by atoms with Gasteiger partial charge in [-0.15, -0.1) is 0 Å². The summed E-state index contributed by atoms with van der Waals surface area (Å²) in [6.07, 6.45) is 0. The van der Waals surface area contributed by atoms with Crippen molar-refractivity contribution in [2.24, 2.45) is 12.2 Å². The maximum Gasteiger partial charge on any atom is 0.340 e. The monoisotopic (exact) mass is 234 g/mol. The van der Waals surface area contributed by atoms with E-state index in [1.807, 2.05) is 0 Å². The minimum Gasteiger partial charge on any atom is -0.465 e. The van der Waals surface area contributed by atoms with Crippen LogP contribution in [0.15, 0.2) is 17.3 Å². The lowest BCUT2D eigenvalue weighted by atomic mass is 10.1. The molecule has 0 N–H and O–H groups in total. The van der Waals surface area contributed by atoms with Gasteiger partial charge in [0.15, 0.2) is 0 Å². The number of nitrogens with zero attached hydrogens (tertiary/aromatic N) is 4. The van der Waals surface area contributed by atoms with Gasteiger partial charge in [0.2, 0.25) is 0 Å². The summed E-state index contributed by atoms with van der Waals surface area (Å²) in [5.41, 5.74) is 1.87. The van der Waals surface area contributed by atoms with Gasteiger partial charge in [-0.2, -0.15) is 19.9 Å². The maximum atomic E-state index is 11.5. The number of fused-ring (bicyclic) bond motifs is 1. The third-order valence-electron chi connectivity index (χ3n) is 2.36. The third-order valence-corrected chi connectivity index (χ3v) is 2.36. The number of benzene rings is 1. The fraction of sp³-hybridized carbons (Fsp3) is 0.300. The van der Waals surface area contributed by atoms with Crippen molar-refractivity contribution >= 4 is 17.0 Å². The highest BCUT2D eigenvalue weighted by Crippen LogP contribution is 2.20. The molecule has 0 saturated heterocycles. The Labute approximate surface area is 96.3 Å². The highest BCUT2D eigenvalue weighted by molar-refractivity contribution is 6.02. The number of hydrogen-bond acceptors (Lipinski definition) is 6. The highest BCUT2D eigenvalue weighted by Gasteiger charge is 2.17. The summed E-state index contributed by atoms with van der Waals surface area (Å²) in [6.45, 7) is -0.00333. The molecule has 7 heteroatoms. The van der Waals surface area contributed by atoms with E-state index in [9.17, 15) is 9.70 Å². The fourth-order valence-electron chi connectivity index (χ4n) is 1.62.